The summed E-state index contributed by atoms with van der Waals surface area (Å²) in [7, 11) is 4.63. The number of hydrogen-bond acceptors (Lipinski definition) is 3. The zero-order chi connectivity index (χ0) is 22.0. The van der Waals surface area contributed by atoms with E-state index in [1.807, 2.05) is 0 Å². The summed E-state index contributed by atoms with van der Waals surface area (Å²) in [5.41, 5.74) is -0.652. The largest absolute Gasteiger partial charge is 0.784 e. The summed E-state index contributed by atoms with van der Waals surface area (Å²) in [6.45, 7) is 13.5. The quantitative estimate of drug-likeness (QED) is 0.221. The average Bonchev–Trinajstić information content (AvgIpc) is 2.63. The fourth-order valence-corrected chi connectivity index (χ4v) is 4.94. The summed E-state index contributed by atoms with van der Waals surface area (Å²) in [6.07, 6.45) is 18.2. The maximum absolute atomic E-state index is 12.6. The molecule has 1 rings (SSSR count). The lowest BCUT2D eigenvalue weighted by atomic mass is 9.91. The van der Waals surface area contributed by atoms with Gasteiger partial charge in [0.15, 0.2) is 0 Å². The van der Waals surface area contributed by atoms with E-state index in [9.17, 15) is 5.21 Å². The smallest absolute Gasteiger partial charge is 0.0959 e. The van der Waals surface area contributed by atoms with E-state index < -0.39 is 0 Å². The second kappa shape index (κ2) is 12.6. The Bertz CT molecular complexity index is 416. The van der Waals surface area contributed by atoms with Crippen LogP contribution in [0.5, 0.6) is 0 Å². The molecule has 1 heterocycles. The number of quaternary nitrogens is 1. The molecule has 1 aliphatic heterocycles. The van der Waals surface area contributed by atoms with Crippen LogP contribution in [0.25, 0.3) is 0 Å². The van der Waals surface area contributed by atoms with Crippen molar-refractivity contribution in [2.24, 2.45) is 0 Å². The van der Waals surface area contributed by atoms with Crippen molar-refractivity contribution in [1.82, 2.24) is 10.1 Å². The number of unbranched alkanes of at least 4 members (excludes halogenated alkanes) is 12. The predicted molar refractivity (Wildman–Crippen MR) is 128 cm³/mol. The van der Waals surface area contributed by atoms with Gasteiger partial charge in [0.1, 0.15) is 0 Å². The van der Waals surface area contributed by atoms with E-state index in [0.29, 0.717) is 0 Å². The van der Waals surface area contributed by atoms with Crippen LogP contribution in [0.2, 0.25) is 0 Å². The molecule has 0 amide bonds. The lowest BCUT2D eigenvalue weighted by molar-refractivity contribution is -1.01. The molecule has 1 fully saturated rings. The Morgan fingerprint density at radius 3 is 1.38 bits per heavy atom. The normalized spacial score (nSPS) is 20.3. The van der Waals surface area contributed by atoms with Crippen molar-refractivity contribution in [1.29, 1.82) is 0 Å². The minimum Gasteiger partial charge on any atom is -0.784 e. The van der Waals surface area contributed by atoms with Gasteiger partial charge >= 0.3 is 0 Å². The molecular weight excluding hydrogens is 358 g/mol. The Morgan fingerprint density at radius 2 is 1.00 bits per heavy atom. The molecule has 0 bridgehead atoms. The van der Waals surface area contributed by atoms with Gasteiger partial charge in [-0.25, -0.2) is 4.59 Å². The summed E-state index contributed by atoms with van der Waals surface area (Å²) in [5, 5.41) is 16.4. The van der Waals surface area contributed by atoms with Crippen LogP contribution in [0, 0.1) is 5.21 Å². The highest BCUT2D eigenvalue weighted by Crippen LogP contribution is 2.33. The molecule has 1 saturated heterocycles. The van der Waals surface area contributed by atoms with Crippen molar-refractivity contribution in [2.75, 3.05) is 33.7 Å². The molecular formula is C25H53N3O. The molecule has 0 saturated carbocycles. The number of hydrogen-bond donors (Lipinski definition) is 0. The number of nitrogens with zero attached hydrogens (tertiary/aromatic N) is 3. The maximum Gasteiger partial charge on any atom is 0.0959 e. The highest BCUT2D eigenvalue weighted by atomic mass is 16.5. The lowest BCUT2D eigenvalue weighted by Gasteiger charge is -2.62. The highest BCUT2D eigenvalue weighted by Gasteiger charge is 2.44. The summed E-state index contributed by atoms with van der Waals surface area (Å²) in [4.78, 5) is 0. The van der Waals surface area contributed by atoms with Crippen LogP contribution in [0.4, 0.5) is 0 Å². The zero-order valence-corrected chi connectivity index (χ0v) is 21.1. The second-order valence-corrected chi connectivity index (χ2v) is 11.3. The van der Waals surface area contributed by atoms with Gasteiger partial charge in [-0.3, -0.25) is 0 Å². The Labute approximate surface area is 183 Å². The van der Waals surface area contributed by atoms with Crippen molar-refractivity contribution >= 4 is 0 Å². The van der Waals surface area contributed by atoms with Gasteiger partial charge in [-0.15, -0.1) is 0 Å². The zero-order valence-electron chi connectivity index (χ0n) is 21.1. The molecule has 0 aromatic carbocycles. The summed E-state index contributed by atoms with van der Waals surface area (Å²) < 4.78 is 0.902. The third-order valence-corrected chi connectivity index (χ3v) is 6.81. The van der Waals surface area contributed by atoms with Crippen LogP contribution >= 0.6 is 0 Å². The summed E-state index contributed by atoms with van der Waals surface area (Å²) in [6, 6.07) is 0. The van der Waals surface area contributed by atoms with Crippen molar-refractivity contribution in [3.8, 4) is 0 Å². The van der Waals surface area contributed by atoms with E-state index in [-0.39, 0.29) is 11.1 Å². The number of rotatable bonds is 15. The molecule has 1 aliphatic rings. The molecule has 0 spiro atoms. The van der Waals surface area contributed by atoms with Gasteiger partial charge in [-0.1, -0.05) is 77.6 Å². The Kier molecular flexibility index (Phi) is 11.7. The van der Waals surface area contributed by atoms with Crippen molar-refractivity contribution in [2.45, 2.75) is 129 Å². The van der Waals surface area contributed by atoms with E-state index in [0.717, 1.165) is 17.7 Å². The van der Waals surface area contributed by atoms with Crippen LogP contribution in [0.1, 0.15) is 118 Å². The molecule has 0 N–H and O–H groups in total. The SMILES string of the molecule is CCCCCCCCCCCCCCC[N+](C)(C)N1CC(C)(C)N([O-])C(C)(C)C1. The molecule has 0 unspecified atom stereocenters. The molecule has 0 radical (unpaired) electrons. The van der Waals surface area contributed by atoms with Gasteiger partial charge in [0, 0.05) is 11.1 Å². The molecule has 0 aliphatic carbocycles. The third-order valence-electron chi connectivity index (χ3n) is 6.81. The van der Waals surface area contributed by atoms with E-state index in [4.69, 9.17) is 0 Å². The molecule has 4 nitrogen and oxygen atoms in total. The van der Waals surface area contributed by atoms with Crippen LogP contribution in [0.3, 0.4) is 0 Å². The van der Waals surface area contributed by atoms with Gasteiger partial charge in [0.25, 0.3) is 0 Å². The first kappa shape index (κ1) is 26.9. The summed E-state index contributed by atoms with van der Waals surface area (Å²) in [5.74, 6) is 0. The minimum atomic E-state index is -0.326. The van der Waals surface area contributed by atoms with Crippen LogP contribution < -0.4 is 0 Å². The molecule has 4 heteroatoms. The van der Waals surface area contributed by atoms with E-state index >= 15 is 0 Å². The van der Waals surface area contributed by atoms with Crippen LogP contribution in [0.15, 0.2) is 0 Å². The maximum atomic E-state index is 12.6. The molecule has 29 heavy (non-hydrogen) atoms. The molecule has 0 atom stereocenters. The van der Waals surface area contributed by atoms with E-state index in [2.05, 4.69) is 53.7 Å². The van der Waals surface area contributed by atoms with Crippen LogP contribution in [-0.4, -0.2) is 59.5 Å². The van der Waals surface area contributed by atoms with Gasteiger partial charge in [0.2, 0.25) is 0 Å². The van der Waals surface area contributed by atoms with Gasteiger partial charge < -0.3 is 10.3 Å². The highest BCUT2D eigenvalue weighted by molar-refractivity contribution is 4.99. The second-order valence-electron chi connectivity index (χ2n) is 11.3. The number of piperazine rings is 1. The van der Waals surface area contributed by atoms with Gasteiger partial charge in [-0.2, -0.15) is 5.01 Å². The van der Waals surface area contributed by atoms with Gasteiger partial charge in [0.05, 0.1) is 33.7 Å². The lowest BCUT2D eigenvalue weighted by Crippen LogP contribution is -2.72. The standard InChI is InChI=1S/C25H53N3O/c1-8-9-10-11-12-13-14-15-16-17-18-19-20-21-28(6,7)26-22-24(2,3)27(29)25(4,5)23-26/h8-23H2,1-7H3. The van der Waals surface area contributed by atoms with Crippen molar-refractivity contribution in [3.05, 3.63) is 5.21 Å². The van der Waals surface area contributed by atoms with E-state index in [1.165, 1.54) is 95.1 Å². The fourth-order valence-electron chi connectivity index (χ4n) is 4.94. The first-order valence-electron chi connectivity index (χ1n) is 12.6. The number of hydroxylamine groups is 2. The minimum absolute atomic E-state index is 0.326. The first-order valence-corrected chi connectivity index (χ1v) is 12.6. The Morgan fingerprint density at radius 1 is 0.655 bits per heavy atom. The molecule has 174 valence electrons. The first-order chi connectivity index (χ1) is 13.5. The molecule has 0 aromatic heterocycles. The van der Waals surface area contributed by atoms with Crippen molar-refractivity contribution in [3.63, 3.8) is 0 Å². The summed E-state index contributed by atoms with van der Waals surface area (Å²) >= 11 is 0. The molecule has 0 aromatic rings. The van der Waals surface area contributed by atoms with Crippen molar-refractivity contribution < 1.29 is 4.59 Å². The topological polar surface area (TPSA) is 29.5 Å². The van der Waals surface area contributed by atoms with Gasteiger partial charge in [-0.05, 0) is 40.5 Å². The fraction of sp³-hybridized carbons (Fsp3) is 1.00. The average molecular weight is 412 g/mol. The van der Waals surface area contributed by atoms with Crippen LogP contribution in [-0.2, 0) is 0 Å². The monoisotopic (exact) mass is 411 g/mol. The Hall–Kier alpha value is -0.160. The predicted octanol–water partition coefficient (Wildman–Crippen LogP) is 6.74. The Balaban J connectivity index is 2.13. The van der Waals surface area contributed by atoms with E-state index in [1.54, 1.807) is 0 Å². The third kappa shape index (κ3) is 9.67.